The highest BCUT2D eigenvalue weighted by atomic mass is 16.2. The van der Waals surface area contributed by atoms with E-state index < -0.39 is 0 Å². The van der Waals surface area contributed by atoms with Crippen molar-refractivity contribution in [1.82, 2.24) is 0 Å². The molecule has 0 aromatic heterocycles. The SMILES string of the molecule is CCC(=O)Nc1ccc(NC(=O)CNc2cccc(C(=O)N(C)c3ccccc3)c2)cc1. The predicted molar refractivity (Wildman–Crippen MR) is 128 cm³/mol. The minimum Gasteiger partial charge on any atom is -0.376 e. The average Bonchev–Trinajstić information content (AvgIpc) is 2.83. The van der Waals surface area contributed by atoms with Crippen molar-refractivity contribution in [3.05, 3.63) is 84.4 Å². The van der Waals surface area contributed by atoms with E-state index in [-0.39, 0.29) is 24.3 Å². The standard InChI is InChI=1S/C25H26N4O3/c1-3-23(30)27-19-12-14-20(15-13-19)28-24(31)17-26-21-9-7-8-18(16-21)25(32)29(2)22-10-5-4-6-11-22/h4-16,26H,3,17H2,1-2H3,(H,27,30)(H,28,31). The molecule has 0 fully saturated rings. The number of hydrogen-bond donors (Lipinski definition) is 3. The number of nitrogens with one attached hydrogen (secondary N) is 3. The number of anilines is 4. The third kappa shape index (κ3) is 6.18. The first-order valence-corrected chi connectivity index (χ1v) is 10.3. The molecule has 3 aromatic rings. The zero-order valence-corrected chi connectivity index (χ0v) is 18.1. The van der Waals surface area contributed by atoms with Gasteiger partial charge in [-0.25, -0.2) is 0 Å². The molecular weight excluding hydrogens is 404 g/mol. The summed E-state index contributed by atoms with van der Waals surface area (Å²) in [5, 5.41) is 8.59. The zero-order valence-electron chi connectivity index (χ0n) is 18.1. The fraction of sp³-hybridized carbons (Fsp3) is 0.160. The van der Waals surface area contributed by atoms with E-state index in [9.17, 15) is 14.4 Å². The fourth-order valence-corrected chi connectivity index (χ4v) is 3.00. The lowest BCUT2D eigenvalue weighted by atomic mass is 10.1. The molecule has 7 nitrogen and oxygen atoms in total. The van der Waals surface area contributed by atoms with Crippen LogP contribution in [0.2, 0.25) is 0 Å². The molecule has 32 heavy (non-hydrogen) atoms. The van der Waals surface area contributed by atoms with Crippen molar-refractivity contribution < 1.29 is 14.4 Å². The summed E-state index contributed by atoms with van der Waals surface area (Å²) >= 11 is 0. The molecule has 0 aliphatic rings. The molecule has 0 aliphatic carbocycles. The van der Waals surface area contributed by atoms with Crippen molar-refractivity contribution >= 4 is 40.5 Å². The largest absolute Gasteiger partial charge is 0.376 e. The van der Waals surface area contributed by atoms with E-state index in [1.807, 2.05) is 30.3 Å². The lowest BCUT2D eigenvalue weighted by Crippen LogP contribution is -2.26. The Morgan fingerprint density at radius 3 is 2.00 bits per heavy atom. The highest BCUT2D eigenvalue weighted by molar-refractivity contribution is 6.06. The number of rotatable bonds is 8. The number of para-hydroxylation sites is 1. The highest BCUT2D eigenvalue weighted by Crippen LogP contribution is 2.18. The van der Waals surface area contributed by atoms with Gasteiger partial charge >= 0.3 is 0 Å². The number of nitrogens with zero attached hydrogens (tertiary/aromatic N) is 1. The van der Waals surface area contributed by atoms with E-state index in [0.717, 1.165) is 5.69 Å². The van der Waals surface area contributed by atoms with Crippen molar-refractivity contribution in [1.29, 1.82) is 0 Å². The molecule has 0 aliphatic heterocycles. The minimum absolute atomic E-state index is 0.0422. The molecule has 3 N–H and O–H groups in total. The van der Waals surface area contributed by atoms with Gasteiger partial charge in [-0.1, -0.05) is 31.2 Å². The Bertz CT molecular complexity index is 1080. The fourth-order valence-electron chi connectivity index (χ4n) is 3.00. The summed E-state index contributed by atoms with van der Waals surface area (Å²) in [4.78, 5) is 38.1. The predicted octanol–water partition coefficient (Wildman–Crippen LogP) is 4.36. The van der Waals surface area contributed by atoms with Crippen LogP contribution in [0.3, 0.4) is 0 Å². The van der Waals surface area contributed by atoms with Crippen molar-refractivity contribution in [2.75, 3.05) is 34.4 Å². The van der Waals surface area contributed by atoms with E-state index >= 15 is 0 Å². The molecule has 0 spiro atoms. The van der Waals surface area contributed by atoms with Crippen LogP contribution in [0.4, 0.5) is 22.7 Å². The maximum Gasteiger partial charge on any atom is 0.258 e. The van der Waals surface area contributed by atoms with E-state index in [2.05, 4.69) is 16.0 Å². The van der Waals surface area contributed by atoms with Gasteiger partial charge in [0.1, 0.15) is 0 Å². The number of hydrogen-bond acceptors (Lipinski definition) is 4. The van der Waals surface area contributed by atoms with E-state index in [1.165, 1.54) is 0 Å². The average molecular weight is 431 g/mol. The molecule has 0 unspecified atom stereocenters. The lowest BCUT2D eigenvalue weighted by molar-refractivity contribution is -0.116. The van der Waals surface area contributed by atoms with Crippen molar-refractivity contribution in [2.24, 2.45) is 0 Å². The molecule has 0 saturated carbocycles. The molecule has 0 saturated heterocycles. The van der Waals surface area contributed by atoms with Gasteiger partial charge in [-0.05, 0) is 54.6 Å². The first kappa shape index (κ1) is 22.6. The monoisotopic (exact) mass is 430 g/mol. The van der Waals surface area contributed by atoms with Gasteiger partial charge in [-0.15, -0.1) is 0 Å². The Hall–Kier alpha value is -4.13. The Balaban J connectivity index is 1.55. The van der Waals surface area contributed by atoms with E-state index in [0.29, 0.717) is 29.0 Å². The van der Waals surface area contributed by atoms with Crippen LogP contribution in [0, 0.1) is 0 Å². The van der Waals surface area contributed by atoms with Crippen LogP contribution in [0.25, 0.3) is 0 Å². The van der Waals surface area contributed by atoms with Gasteiger partial charge in [0.05, 0.1) is 6.54 Å². The van der Waals surface area contributed by atoms with Crippen LogP contribution in [0.5, 0.6) is 0 Å². The summed E-state index contributed by atoms with van der Waals surface area (Å²) < 4.78 is 0. The van der Waals surface area contributed by atoms with Crippen LogP contribution in [-0.4, -0.2) is 31.3 Å². The van der Waals surface area contributed by atoms with E-state index in [1.54, 1.807) is 67.4 Å². The molecule has 3 aromatic carbocycles. The first-order valence-electron chi connectivity index (χ1n) is 10.3. The Morgan fingerprint density at radius 1 is 0.750 bits per heavy atom. The van der Waals surface area contributed by atoms with Gasteiger partial charge in [0, 0.05) is 41.8 Å². The van der Waals surface area contributed by atoms with Crippen LogP contribution in [0.15, 0.2) is 78.9 Å². The smallest absolute Gasteiger partial charge is 0.258 e. The third-order valence-corrected chi connectivity index (χ3v) is 4.78. The lowest BCUT2D eigenvalue weighted by Gasteiger charge is -2.18. The molecule has 164 valence electrons. The quantitative estimate of drug-likeness (QED) is 0.495. The van der Waals surface area contributed by atoms with Crippen LogP contribution >= 0.6 is 0 Å². The van der Waals surface area contributed by atoms with Gasteiger partial charge in [0.2, 0.25) is 11.8 Å². The number of benzene rings is 3. The Kier molecular flexibility index (Phi) is 7.59. The second-order valence-corrected chi connectivity index (χ2v) is 7.16. The second kappa shape index (κ2) is 10.8. The Morgan fingerprint density at radius 2 is 1.38 bits per heavy atom. The van der Waals surface area contributed by atoms with Gasteiger partial charge in [0.15, 0.2) is 0 Å². The first-order chi connectivity index (χ1) is 15.5. The molecular formula is C25H26N4O3. The third-order valence-electron chi connectivity index (χ3n) is 4.78. The maximum atomic E-state index is 12.8. The van der Waals surface area contributed by atoms with Crippen molar-refractivity contribution in [3.63, 3.8) is 0 Å². The summed E-state index contributed by atoms with van der Waals surface area (Å²) in [6.07, 6.45) is 0.402. The second-order valence-electron chi connectivity index (χ2n) is 7.16. The molecule has 0 atom stereocenters. The van der Waals surface area contributed by atoms with Crippen LogP contribution < -0.4 is 20.9 Å². The number of carbonyl (C=O) groups excluding carboxylic acids is 3. The van der Waals surface area contributed by atoms with Gasteiger partial charge in [-0.2, -0.15) is 0 Å². The van der Waals surface area contributed by atoms with Crippen LogP contribution in [-0.2, 0) is 9.59 Å². The zero-order chi connectivity index (χ0) is 22.9. The normalized spacial score (nSPS) is 10.2. The summed E-state index contributed by atoms with van der Waals surface area (Å²) in [7, 11) is 1.73. The summed E-state index contributed by atoms with van der Waals surface area (Å²) in [5.41, 5.74) is 3.29. The summed E-state index contributed by atoms with van der Waals surface area (Å²) in [5.74, 6) is -0.435. The molecule has 0 bridgehead atoms. The minimum atomic E-state index is -0.228. The summed E-state index contributed by atoms with van der Waals surface area (Å²) in [6.45, 7) is 1.82. The Labute approximate surface area is 187 Å². The molecule has 0 heterocycles. The topological polar surface area (TPSA) is 90.5 Å². The number of amides is 3. The highest BCUT2D eigenvalue weighted by Gasteiger charge is 2.14. The van der Waals surface area contributed by atoms with Gasteiger partial charge in [-0.3, -0.25) is 14.4 Å². The van der Waals surface area contributed by atoms with E-state index in [4.69, 9.17) is 0 Å². The summed E-state index contributed by atoms with van der Waals surface area (Å²) in [6, 6.07) is 23.3. The molecule has 7 heteroatoms. The maximum absolute atomic E-state index is 12.8. The van der Waals surface area contributed by atoms with Crippen LogP contribution in [0.1, 0.15) is 23.7 Å². The van der Waals surface area contributed by atoms with Gasteiger partial charge < -0.3 is 20.9 Å². The van der Waals surface area contributed by atoms with Crippen molar-refractivity contribution in [3.8, 4) is 0 Å². The molecule has 3 amide bonds. The molecule has 0 radical (unpaired) electrons. The number of carbonyl (C=O) groups is 3. The van der Waals surface area contributed by atoms with Gasteiger partial charge in [0.25, 0.3) is 5.91 Å². The van der Waals surface area contributed by atoms with Crippen molar-refractivity contribution in [2.45, 2.75) is 13.3 Å². The molecule has 3 rings (SSSR count).